The molecule has 0 radical (unpaired) electrons. The van der Waals surface area contributed by atoms with Crippen molar-refractivity contribution in [3.63, 3.8) is 0 Å². The van der Waals surface area contributed by atoms with Crippen molar-refractivity contribution in [2.24, 2.45) is 23.2 Å². The van der Waals surface area contributed by atoms with Gasteiger partial charge in [0.1, 0.15) is 11.9 Å². The third-order valence-electron chi connectivity index (χ3n) is 8.71. The summed E-state index contributed by atoms with van der Waals surface area (Å²) in [7, 11) is 0. The fraction of sp³-hybridized carbons (Fsp3) is 0.750. The summed E-state index contributed by atoms with van der Waals surface area (Å²) in [5, 5.41) is 21.1. The minimum absolute atomic E-state index is 0.219. The molecular formula is C24H34ClFO2. The molecule has 3 aliphatic carbocycles. The van der Waals surface area contributed by atoms with Gasteiger partial charge < -0.3 is 10.2 Å². The summed E-state index contributed by atoms with van der Waals surface area (Å²) in [5.74, 6) is 2.59. The van der Waals surface area contributed by atoms with Crippen LogP contribution in [-0.4, -0.2) is 27.9 Å². The lowest BCUT2D eigenvalue weighted by Crippen LogP contribution is -2.52. The summed E-state index contributed by atoms with van der Waals surface area (Å²) in [4.78, 5) is 0. The Bertz CT molecular complexity index is 721. The topological polar surface area (TPSA) is 40.5 Å². The number of aliphatic hydroxyl groups is 1. The minimum atomic E-state index is -1.24. The molecule has 0 aliphatic heterocycles. The van der Waals surface area contributed by atoms with Crippen LogP contribution >= 0.6 is 11.6 Å². The van der Waals surface area contributed by atoms with E-state index in [1.165, 1.54) is 11.1 Å². The third-order valence-corrected chi connectivity index (χ3v) is 8.98. The van der Waals surface area contributed by atoms with Crippen LogP contribution in [0.3, 0.4) is 0 Å². The standard InChI is InChI=1S/C24H34ClFO2/c1-23-10-9-19-18-8-7-17(27)13-16(18)12-15(6-4-3-5-11-25)22(19)20(23)14-21(26)24(23,2)28/h7-8,13,15,19-22,27-28H,3-6,9-12,14H2,1-2H3/t15-,19-,20+,21-,22-,23+,24+/m1/s1. The second-order valence-electron chi connectivity index (χ2n) is 9.98. The normalized spacial score (nSPS) is 42.0. The van der Waals surface area contributed by atoms with Gasteiger partial charge in [0, 0.05) is 11.3 Å². The van der Waals surface area contributed by atoms with E-state index in [9.17, 15) is 14.6 Å². The summed E-state index contributed by atoms with van der Waals surface area (Å²) in [5.41, 5.74) is 1.04. The van der Waals surface area contributed by atoms with E-state index in [1.807, 2.05) is 6.07 Å². The lowest BCUT2D eigenvalue weighted by atomic mass is 9.50. The molecule has 2 saturated carbocycles. The van der Waals surface area contributed by atoms with Crippen LogP contribution in [0.4, 0.5) is 4.39 Å². The Hall–Kier alpha value is -0.800. The highest BCUT2D eigenvalue weighted by Crippen LogP contribution is 2.66. The first-order valence-corrected chi connectivity index (χ1v) is 11.6. The summed E-state index contributed by atoms with van der Waals surface area (Å²) in [6.45, 7) is 3.85. The van der Waals surface area contributed by atoms with Crippen molar-refractivity contribution in [1.29, 1.82) is 0 Å². The zero-order chi connectivity index (χ0) is 20.1. The fourth-order valence-electron chi connectivity index (χ4n) is 6.94. The fourth-order valence-corrected chi connectivity index (χ4v) is 7.12. The molecule has 0 unspecified atom stereocenters. The number of rotatable bonds is 5. The Morgan fingerprint density at radius 1 is 1.21 bits per heavy atom. The zero-order valence-corrected chi connectivity index (χ0v) is 17.9. The van der Waals surface area contributed by atoms with Gasteiger partial charge in [-0.3, -0.25) is 0 Å². The molecule has 1 aromatic carbocycles. The maximum absolute atomic E-state index is 14.9. The quantitative estimate of drug-likeness (QED) is 0.465. The van der Waals surface area contributed by atoms with Crippen LogP contribution in [0.1, 0.15) is 75.8 Å². The summed E-state index contributed by atoms with van der Waals surface area (Å²) in [6, 6.07) is 5.83. The molecule has 4 heteroatoms. The number of benzene rings is 1. The number of aromatic hydroxyl groups is 1. The van der Waals surface area contributed by atoms with Crippen LogP contribution in [0.15, 0.2) is 18.2 Å². The van der Waals surface area contributed by atoms with Crippen LogP contribution in [0, 0.1) is 23.2 Å². The molecule has 0 saturated heterocycles. The highest BCUT2D eigenvalue weighted by Gasteiger charge is 2.65. The van der Waals surface area contributed by atoms with Crippen molar-refractivity contribution in [2.75, 3.05) is 5.88 Å². The Labute approximate surface area is 173 Å². The van der Waals surface area contributed by atoms with Crippen molar-refractivity contribution in [1.82, 2.24) is 0 Å². The van der Waals surface area contributed by atoms with E-state index in [1.54, 1.807) is 13.0 Å². The van der Waals surface area contributed by atoms with E-state index in [0.29, 0.717) is 35.8 Å². The van der Waals surface area contributed by atoms with Crippen LogP contribution in [0.25, 0.3) is 0 Å². The van der Waals surface area contributed by atoms with Crippen LogP contribution in [-0.2, 0) is 6.42 Å². The van der Waals surface area contributed by atoms with Gasteiger partial charge in [-0.05, 0) is 92.4 Å². The van der Waals surface area contributed by atoms with Crippen molar-refractivity contribution in [3.05, 3.63) is 29.3 Å². The average Bonchev–Trinajstić information content (AvgIpc) is 2.84. The number of halogens is 2. The number of hydrogen-bond acceptors (Lipinski definition) is 2. The summed E-state index contributed by atoms with van der Waals surface area (Å²) >= 11 is 5.86. The van der Waals surface area contributed by atoms with Crippen molar-refractivity contribution < 1.29 is 14.6 Å². The van der Waals surface area contributed by atoms with E-state index in [2.05, 4.69) is 13.0 Å². The van der Waals surface area contributed by atoms with Crippen molar-refractivity contribution in [3.8, 4) is 5.75 Å². The molecule has 0 amide bonds. The van der Waals surface area contributed by atoms with Crippen LogP contribution < -0.4 is 0 Å². The van der Waals surface area contributed by atoms with E-state index in [-0.39, 0.29) is 11.3 Å². The first-order chi connectivity index (χ1) is 13.3. The monoisotopic (exact) mass is 408 g/mol. The molecule has 7 atom stereocenters. The first-order valence-electron chi connectivity index (χ1n) is 11.0. The van der Waals surface area contributed by atoms with E-state index < -0.39 is 11.8 Å². The molecule has 156 valence electrons. The van der Waals surface area contributed by atoms with E-state index in [0.717, 1.165) is 44.9 Å². The summed E-state index contributed by atoms with van der Waals surface area (Å²) < 4.78 is 14.9. The lowest BCUT2D eigenvalue weighted by molar-refractivity contribution is -0.118. The zero-order valence-electron chi connectivity index (χ0n) is 17.1. The van der Waals surface area contributed by atoms with Gasteiger partial charge in [0.25, 0.3) is 0 Å². The van der Waals surface area contributed by atoms with Gasteiger partial charge >= 0.3 is 0 Å². The number of phenolic OH excluding ortho intramolecular Hbond substituents is 1. The average molecular weight is 409 g/mol. The van der Waals surface area contributed by atoms with E-state index >= 15 is 0 Å². The minimum Gasteiger partial charge on any atom is -0.508 e. The number of phenols is 1. The lowest BCUT2D eigenvalue weighted by Gasteiger charge is -2.55. The van der Waals surface area contributed by atoms with Crippen LogP contribution in [0.5, 0.6) is 5.75 Å². The molecule has 28 heavy (non-hydrogen) atoms. The van der Waals surface area contributed by atoms with Gasteiger partial charge in [-0.1, -0.05) is 25.8 Å². The maximum Gasteiger partial charge on any atom is 0.129 e. The smallest absolute Gasteiger partial charge is 0.129 e. The molecule has 0 bridgehead atoms. The molecule has 4 rings (SSSR count). The molecule has 2 nitrogen and oxygen atoms in total. The maximum atomic E-state index is 14.9. The predicted molar refractivity (Wildman–Crippen MR) is 112 cm³/mol. The number of unbranched alkanes of at least 4 members (excludes halogenated alkanes) is 2. The molecule has 1 aromatic rings. The Kier molecular flexibility index (Phi) is 5.46. The molecule has 0 aromatic heterocycles. The Balaban J connectivity index is 1.68. The summed E-state index contributed by atoms with van der Waals surface area (Å²) in [6.07, 6.45) is 6.61. The Morgan fingerprint density at radius 3 is 2.75 bits per heavy atom. The van der Waals surface area contributed by atoms with Crippen molar-refractivity contribution in [2.45, 2.75) is 82.9 Å². The second kappa shape index (κ2) is 7.47. The third kappa shape index (κ3) is 3.08. The molecule has 3 aliphatic rings. The van der Waals surface area contributed by atoms with E-state index in [4.69, 9.17) is 11.6 Å². The molecule has 2 N–H and O–H groups in total. The molecule has 0 heterocycles. The molecular weight excluding hydrogens is 375 g/mol. The second-order valence-corrected chi connectivity index (χ2v) is 10.4. The van der Waals surface area contributed by atoms with Gasteiger partial charge in [0.15, 0.2) is 0 Å². The first kappa shape index (κ1) is 20.5. The number of alkyl halides is 2. The largest absolute Gasteiger partial charge is 0.508 e. The van der Waals surface area contributed by atoms with Gasteiger partial charge in [-0.15, -0.1) is 11.6 Å². The predicted octanol–water partition coefficient (Wildman–Crippen LogP) is 5.97. The highest BCUT2D eigenvalue weighted by molar-refractivity contribution is 6.17. The van der Waals surface area contributed by atoms with Crippen LogP contribution in [0.2, 0.25) is 0 Å². The Morgan fingerprint density at radius 2 is 2.00 bits per heavy atom. The van der Waals surface area contributed by atoms with Gasteiger partial charge in [0.2, 0.25) is 0 Å². The van der Waals surface area contributed by atoms with Crippen molar-refractivity contribution >= 4 is 11.6 Å². The van der Waals surface area contributed by atoms with Gasteiger partial charge in [0.05, 0.1) is 5.60 Å². The number of fused-ring (bicyclic) bond motifs is 5. The van der Waals surface area contributed by atoms with Gasteiger partial charge in [-0.25, -0.2) is 4.39 Å². The SMILES string of the molecule is C[C@]1(O)[C@H](F)C[C@H]2[C@@H]3[C@H](CCCCCCl)Cc4cc(O)ccc4[C@H]3CC[C@@]21C. The van der Waals surface area contributed by atoms with Gasteiger partial charge in [-0.2, -0.15) is 0 Å². The highest BCUT2D eigenvalue weighted by atomic mass is 35.5. The molecule has 0 spiro atoms. The number of hydrogen-bond donors (Lipinski definition) is 2. The molecule has 2 fully saturated rings.